The van der Waals surface area contributed by atoms with E-state index in [2.05, 4.69) is 0 Å². The van der Waals surface area contributed by atoms with E-state index in [0.717, 1.165) is 31.7 Å². The molecule has 3 heterocycles. The number of hydrogen-bond donors (Lipinski definition) is 0. The third kappa shape index (κ3) is 3.82. The minimum Gasteiger partial charge on any atom is -0.457 e. The lowest BCUT2D eigenvalue weighted by Gasteiger charge is -2.36. The maximum Gasteiger partial charge on any atom is 0.254 e. The zero-order valence-electron chi connectivity index (χ0n) is 15.5. The fourth-order valence-corrected chi connectivity index (χ4v) is 4.07. The van der Waals surface area contributed by atoms with Crippen LogP contribution in [0.4, 0.5) is 0 Å². The van der Waals surface area contributed by atoms with Crippen LogP contribution in [0, 0.1) is 5.92 Å². The number of ether oxygens (including phenoxy) is 1. The van der Waals surface area contributed by atoms with Crippen LogP contribution in [-0.2, 0) is 4.79 Å². The van der Waals surface area contributed by atoms with Gasteiger partial charge in [0, 0.05) is 38.2 Å². The Labute approximate surface area is 159 Å². The normalized spacial score (nSPS) is 21.7. The average Bonchev–Trinajstić information content (AvgIpc) is 3.01. The minimum absolute atomic E-state index is 0.0219. The topological polar surface area (TPSA) is 49.9 Å². The molecule has 3 fully saturated rings. The first-order valence-electron chi connectivity index (χ1n) is 9.49. The molecule has 0 unspecified atom stereocenters. The van der Waals surface area contributed by atoms with Crippen molar-refractivity contribution in [3.05, 3.63) is 60.2 Å². The number of nitrogens with zero attached hydrogens (tertiary/aromatic N) is 2. The Morgan fingerprint density at radius 3 is 2.48 bits per heavy atom. The highest BCUT2D eigenvalue weighted by Crippen LogP contribution is 2.30. The molecule has 0 aliphatic carbocycles. The highest BCUT2D eigenvalue weighted by Gasteiger charge is 2.38. The Kier molecular flexibility index (Phi) is 4.84. The molecule has 0 saturated carbocycles. The standard InChI is InChI=1S/C22H24N2O3/c1-16(25)23-13-17-10-11-19(15-23)24(14-17)22(26)18-6-5-9-21(12-18)27-20-7-3-2-4-8-20/h2-9,12,17,19H,10-11,13-15H2,1H3/t17-,19+/m1/s1. The third-order valence-corrected chi connectivity index (χ3v) is 5.48. The number of carbonyl (C=O) groups is 2. The van der Waals surface area contributed by atoms with Crippen molar-refractivity contribution in [3.63, 3.8) is 0 Å². The first kappa shape index (κ1) is 17.6. The molecule has 2 atom stereocenters. The SMILES string of the molecule is CC(=O)N1C[C@H]2CC[C@@H](C1)N(C(=O)c1cccc(Oc3ccccc3)c1)C2. The molecule has 0 radical (unpaired) electrons. The van der Waals surface area contributed by atoms with Crippen LogP contribution in [0.1, 0.15) is 30.1 Å². The summed E-state index contributed by atoms with van der Waals surface area (Å²) in [5.41, 5.74) is 0.630. The number of fused-ring (bicyclic) bond motifs is 4. The average molecular weight is 364 g/mol. The Morgan fingerprint density at radius 2 is 1.70 bits per heavy atom. The quantitative estimate of drug-likeness (QED) is 0.837. The number of benzene rings is 2. The molecule has 27 heavy (non-hydrogen) atoms. The molecule has 5 rings (SSSR count). The highest BCUT2D eigenvalue weighted by molar-refractivity contribution is 5.95. The highest BCUT2D eigenvalue weighted by atomic mass is 16.5. The van der Waals surface area contributed by atoms with Crippen LogP contribution in [0.15, 0.2) is 54.6 Å². The zero-order valence-corrected chi connectivity index (χ0v) is 15.5. The fourth-order valence-electron chi connectivity index (χ4n) is 4.07. The van der Waals surface area contributed by atoms with Gasteiger partial charge in [0.25, 0.3) is 5.91 Å². The minimum atomic E-state index is 0.0219. The molecule has 0 spiro atoms. The van der Waals surface area contributed by atoms with Gasteiger partial charge in [-0.05, 0) is 49.1 Å². The zero-order chi connectivity index (χ0) is 18.8. The van der Waals surface area contributed by atoms with Gasteiger partial charge in [-0.15, -0.1) is 0 Å². The number of para-hydroxylation sites is 1. The summed E-state index contributed by atoms with van der Waals surface area (Å²) in [4.78, 5) is 28.9. The number of amides is 2. The number of rotatable bonds is 3. The van der Waals surface area contributed by atoms with Crippen molar-refractivity contribution >= 4 is 11.8 Å². The Hall–Kier alpha value is -2.82. The van der Waals surface area contributed by atoms with Crippen LogP contribution < -0.4 is 4.74 Å². The van der Waals surface area contributed by atoms with Crippen molar-refractivity contribution in [1.82, 2.24) is 9.80 Å². The largest absolute Gasteiger partial charge is 0.457 e. The monoisotopic (exact) mass is 364 g/mol. The van der Waals surface area contributed by atoms with E-state index in [-0.39, 0.29) is 17.9 Å². The predicted molar refractivity (Wildman–Crippen MR) is 103 cm³/mol. The van der Waals surface area contributed by atoms with Crippen LogP contribution in [0.3, 0.4) is 0 Å². The first-order chi connectivity index (χ1) is 13.1. The van der Waals surface area contributed by atoms with Gasteiger partial charge in [-0.1, -0.05) is 24.3 Å². The summed E-state index contributed by atoms with van der Waals surface area (Å²) in [6, 6.07) is 17.0. The first-order valence-corrected chi connectivity index (χ1v) is 9.49. The van der Waals surface area contributed by atoms with E-state index >= 15 is 0 Å². The van der Waals surface area contributed by atoms with E-state index in [1.165, 1.54) is 0 Å². The lowest BCUT2D eigenvalue weighted by molar-refractivity contribution is -0.129. The Morgan fingerprint density at radius 1 is 0.926 bits per heavy atom. The van der Waals surface area contributed by atoms with Crippen LogP contribution in [0.2, 0.25) is 0 Å². The molecule has 5 nitrogen and oxygen atoms in total. The number of carbonyl (C=O) groups excluding carboxylic acids is 2. The van der Waals surface area contributed by atoms with Gasteiger partial charge in [-0.25, -0.2) is 0 Å². The van der Waals surface area contributed by atoms with Gasteiger partial charge in [0.2, 0.25) is 5.91 Å². The smallest absolute Gasteiger partial charge is 0.254 e. The van der Waals surface area contributed by atoms with Crippen molar-refractivity contribution < 1.29 is 14.3 Å². The summed E-state index contributed by atoms with van der Waals surface area (Å²) in [5, 5.41) is 0. The molecular formula is C22H24N2O3. The predicted octanol–water partition coefficient (Wildman–Crippen LogP) is 3.56. The van der Waals surface area contributed by atoms with Crippen molar-refractivity contribution in [2.75, 3.05) is 19.6 Å². The lowest BCUT2D eigenvalue weighted by Crippen LogP contribution is -2.47. The molecule has 140 valence electrons. The fraction of sp³-hybridized carbons (Fsp3) is 0.364. The Bertz CT molecular complexity index is 836. The van der Waals surface area contributed by atoms with Crippen molar-refractivity contribution in [2.45, 2.75) is 25.8 Å². The van der Waals surface area contributed by atoms with Gasteiger partial charge >= 0.3 is 0 Å². The molecule has 0 aromatic heterocycles. The molecule has 3 saturated heterocycles. The van der Waals surface area contributed by atoms with Gasteiger partial charge < -0.3 is 14.5 Å². The van der Waals surface area contributed by atoms with Crippen LogP contribution in [-0.4, -0.2) is 47.3 Å². The second kappa shape index (κ2) is 7.43. The van der Waals surface area contributed by atoms with Gasteiger partial charge in [0.1, 0.15) is 11.5 Å². The van der Waals surface area contributed by atoms with Crippen molar-refractivity contribution in [3.8, 4) is 11.5 Å². The van der Waals surface area contributed by atoms with Gasteiger partial charge in [-0.3, -0.25) is 9.59 Å². The molecule has 2 bridgehead atoms. The van der Waals surface area contributed by atoms with E-state index in [9.17, 15) is 9.59 Å². The second-order valence-electron chi connectivity index (χ2n) is 7.42. The van der Waals surface area contributed by atoms with Gasteiger partial charge in [0.15, 0.2) is 0 Å². The van der Waals surface area contributed by atoms with Crippen molar-refractivity contribution in [1.29, 1.82) is 0 Å². The summed E-state index contributed by atoms with van der Waals surface area (Å²) in [7, 11) is 0. The molecule has 0 N–H and O–H groups in total. The lowest BCUT2D eigenvalue weighted by atomic mass is 9.94. The third-order valence-electron chi connectivity index (χ3n) is 5.48. The van der Waals surface area contributed by atoms with Crippen molar-refractivity contribution in [2.24, 2.45) is 5.92 Å². The molecule has 2 amide bonds. The summed E-state index contributed by atoms with van der Waals surface area (Å²) >= 11 is 0. The van der Waals surface area contributed by atoms with Crippen LogP contribution in [0.25, 0.3) is 0 Å². The summed E-state index contributed by atoms with van der Waals surface area (Å²) in [6.45, 7) is 3.73. The molecular weight excluding hydrogens is 340 g/mol. The maximum atomic E-state index is 13.2. The summed E-state index contributed by atoms with van der Waals surface area (Å²) in [5.74, 6) is 1.87. The molecule has 5 heteroatoms. The van der Waals surface area contributed by atoms with Gasteiger partial charge in [-0.2, -0.15) is 0 Å². The molecule has 2 aromatic carbocycles. The van der Waals surface area contributed by atoms with E-state index < -0.39 is 0 Å². The molecule has 2 aromatic rings. The number of piperidine rings is 1. The van der Waals surface area contributed by atoms with E-state index in [0.29, 0.717) is 23.8 Å². The molecule has 3 aliphatic heterocycles. The van der Waals surface area contributed by atoms with E-state index in [1.807, 2.05) is 58.3 Å². The summed E-state index contributed by atoms with van der Waals surface area (Å²) in [6.07, 6.45) is 2.04. The molecule has 3 aliphatic rings. The second-order valence-corrected chi connectivity index (χ2v) is 7.42. The van der Waals surface area contributed by atoms with E-state index in [4.69, 9.17) is 4.74 Å². The van der Waals surface area contributed by atoms with E-state index in [1.54, 1.807) is 13.0 Å². The van der Waals surface area contributed by atoms with Crippen LogP contribution in [0.5, 0.6) is 11.5 Å². The maximum absolute atomic E-state index is 13.2. The number of hydrogen-bond acceptors (Lipinski definition) is 3. The van der Waals surface area contributed by atoms with Crippen LogP contribution >= 0.6 is 0 Å². The Balaban J connectivity index is 1.53. The van der Waals surface area contributed by atoms with Gasteiger partial charge in [0.05, 0.1) is 0 Å². The summed E-state index contributed by atoms with van der Waals surface area (Å²) < 4.78 is 5.87.